The molecule has 2 atom stereocenters. The normalized spacial score (nSPS) is 14.0. The van der Waals surface area contributed by atoms with Crippen LogP contribution in [0.3, 0.4) is 0 Å². The highest BCUT2D eigenvalue weighted by molar-refractivity contribution is 7.47. The number of hydrogen-bond donors (Lipinski definition) is 2. The predicted molar refractivity (Wildman–Crippen MR) is 320 cm³/mol. The van der Waals surface area contributed by atoms with Gasteiger partial charge in [0.15, 0.2) is 6.10 Å². The van der Waals surface area contributed by atoms with E-state index in [-0.39, 0.29) is 32.6 Å². The van der Waals surface area contributed by atoms with Gasteiger partial charge in [0.25, 0.3) is 0 Å². The summed E-state index contributed by atoms with van der Waals surface area (Å²) < 4.78 is 33.0. The molecule has 0 aliphatic carbocycles. The third-order valence-corrected chi connectivity index (χ3v) is 13.0. The van der Waals surface area contributed by atoms with Crippen LogP contribution in [0.25, 0.3) is 0 Å². The molecule has 0 amide bonds. The summed E-state index contributed by atoms with van der Waals surface area (Å²) in [7, 11) is -4.40. The van der Waals surface area contributed by atoms with Crippen LogP contribution in [-0.2, 0) is 32.7 Å². The number of hydrogen-bond acceptors (Lipinski definition) is 8. The first-order chi connectivity index (χ1) is 36.8. The van der Waals surface area contributed by atoms with E-state index in [9.17, 15) is 19.0 Å². The molecule has 426 valence electrons. The first kappa shape index (κ1) is 71.2. The molecule has 0 saturated heterocycles. The molecule has 0 aliphatic rings. The van der Waals surface area contributed by atoms with Crippen LogP contribution in [0.1, 0.15) is 232 Å². The Labute approximate surface area is 459 Å². The summed E-state index contributed by atoms with van der Waals surface area (Å²) in [5.41, 5.74) is 5.38. The predicted octanol–water partition coefficient (Wildman–Crippen LogP) is 19.0. The second kappa shape index (κ2) is 59.4. The van der Waals surface area contributed by atoms with E-state index in [1.807, 2.05) is 0 Å². The van der Waals surface area contributed by atoms with Crippen LogP contribution in [0.15, 0.2) is 134 Å². The maximum atomic E-state index is 12.7. The van der Waals surface area contributed by atoms with E-state index in [1.54, 1.807) is 0 Å². The molecule has 0 bridgehead atoms. The van der Waals surface area contributed by atoms with Crippen molar-refractivity contribution < 1.29 is 37.6 Å². The van der Waals surface area contributed by atoms with E-state index in [0.717, 1.165) is 128 Å². The molecule has 0 aromatic heterocycles. The number of allylic oxidation sites excluding steroid dienone is 22. The molecule has 0 fully saturated rings. The maximum absolute atomic E-state index is 12.7. The van der Waals surface area contributed by atoms with Crippen molar-refractivity contribution >= 4 is 19.8 Å². The number of carbonyl (C=O) groups excluding carboxylic acids is 2. The fourth-order valence-electron chi connectivity index (χ4n) is 7.66. The quantitative estimate of drug-likeness (QED) is 0.0264. The molecule has 0 radical (unpaired) electrons. The van der Waals surface area contributed by atoms with Crippen LogP contribution in [0, 0.1) is 0 Å². The summed E-state index contributed by atoms with van der Waals surface area (Å²) in [4.78, 5) is 35.2. The van der Waals surface area contributed by atoms with Crippen molar-refractivity contribution in [3.05, 3.63) is 134 Å². The maximum Gasteiger partial charge on any atom is 0.472 e. The monoisotopic (exact) mass is 1060 g/mol. The van der Waals surface area contributed by atoms with Crippen molar-refractivity contribution in [3.63, 3.8) is 0 Å². The van der Waals surface area contributed by atoms with Crippen LogP contribution in [-0.4, -0.2) is 49.3 Å². The topological polar surface area (TPSA) is 134 Å². The van der Waals surface area contributed by atoms with Gasteiger partial charge in [0, 0.05) is 19.4 Å². The molecule has 0 rings (SSSR count). The largest absolute Gasteiger partial charge is 0.472 e. The van der Waals surface area contributed by atoms with Gasteiger partial charge in [0.1, 0.15) is 6.61 Å². The molecule has 9 nitrogen and oxygen atoms in total. The summed E-state index contributed by atoms with van der Waals surface area (Å²) >= 11 is 0. The van der Waals surface area contributed by atoms with Gasteiger partial charge in [-0.2, -0.15) is 0 Å². The SMILES string of the molecule is CC/C=C\C/C=C\C/C=C\C/C=C\C/C=C\C/C=C\C/C=C\C/C=C\C/C=C\CCCCCCCCCC(=O)OC(COC(=O)CCCCCCCCCCC/C=C\C/C=C\CCCCC)COP(=O)(O)OCCN. The molecule has 10 heteroatoms. The summed E-state index contributed by atoms with van der Waals surface area (Å²) in [6, 6.07) is 0. The fraction of sp³-hybridized carbons (Fsp3) is 0.631. The summed E-state index contributed by atoms with van der Waals surface area (Å²) in [6.07, 6.45) is 83.6. The van der Waals surface area contributed by atoms with Gasteiger partial charge in [-0.25, -0.2) is 4.57 Å². The van der Waals surface area contributed by atoms with Gasteiger partial charge in [-0.1, -0.05) is 237 Å². The Hall–Kier alpha value is -3.85. The number of nitrogens with two attached hydrogens (primary N) is 1. The van der Waals surface area contributed by atoms with Gasteiger partial charge in [0.2, 0.25) is 0 Å². The lowest BCUT2D eigenvalue weighted by Crippen LogP contribution is -2.29. The number of ether oxygens (including phenoxy) is 2. The molecule has 0 aliphatic heterocycles. The Morgan fingerprint density at radius 1 is 0.413 bits per heavy atom. The Morgan fingerprint density at radius 2 is 0.733 bits per heavy atom. The summed E-state index contributed by atoms with van der Waals surface area (Å²) in [6.45, 7) is 3.58. The summed E-state index contributed by atoms with van der Waals surface area (Å²) in [5, 5.41) is 0. The molecule has 0 heterocycles. The molecule has 75 heavy (non-hydrogen) atoms. The number of esters is 2. The van der Waals surface area contributed by atoms with Crippen molar-refractivity contribution in [1.82, 2.24) is 0 Å². The first-order valence-electron chi connectivity index (χ1n) is 29.7. The standard InChI is InChI=1S/C65H108NO8P/c1-3-5-7-9-11-13-15-17-19-21-23-24-25-26-27-28-29-30-31-32-33-34-35-36-37-38-40-42-44-46-48-50-52-54-56-58-65(68)74-63(62-73-75(69,70)72-60-59-66)61-71-64(67)57-55-53-51-49-47-45-43-41-39-22-20-18-16-14-12-10-8-6-4-2/h5,7,11-14,17-20,23-24,26-27,29-30,32-33,35-36,38,40,63H,3-4,6,8-10,15-16,21-22,25,28,31,34,37,39,41-62,66H2,1-2H3,(H,69,70)/b7-5-,13-11-,14-12-,19-17-,20-18-,24-23-,27-26-,30-29-,33-32-,36-35-,40-38-. The van der Waals surface area contributed by atoms with E-state index in [4.69, 9.17) is 24.3 Å². The number of carbonyl (C=O) groups is 2. The number of phosphoric acid groups is 1. The fourth-order valence-corrected chi connectivity index (χ4v) is 8.42. The van der Waals surface area contributed by atoms with E-state index >= 15 is 0 Å². The molecule has 0 aromatic carbocycles. The van der Waals surface area contributed by atoms with Gasteiger partial charge in [-0.05, 0) is 116 Å². The second-order valence-corrected chi connectivity index (χ2v) is 20.6. The average molecular weight is 1060 g/mol. The van der Waals surface area contributed by atoms with Gasteiger partial charge in [-0.3, -0.25) is 18.6 Å². The Bertz CT molecular complexity index is 1680. The van der Waals surface area contributed by atoms with Crippen LogP contribution >= 0.6 is 7.82 Å². The highest BCUT2D eigenvalue weighted by Gasteiger charge is 2.26. The van der Waals surface area contributed by atoms with E-state index in [0.29, 0.717) is 6.42 Å². The highest BCUT2D eigenvalue weighted by Crippen LogP contribution is 2.43. The number of phosphoric ester groups is 1. The average Bonchev–Trinajstić information content (AvgIpc) is 3.40. The van der Waals surface area contributed by atoms with E-state index < -0.39 is 32.5 Å². The minimum absolute atomic E-state index is 0.0441. The van der Waals surface area contributed by atoms with Crippen LogP contribution < -0.4 is 5.73 Å². The van der Waals surface area contributed by atoms with Crippen molar-refractivity contribution in [2.24, 2.45) is 5.73 Å². The smallest absolute Gasteiger partial charge is 0.462 e. The van der Waals surface area contributed by atoms with E-state index in [1.165, 1.54) is 70.6 Å². The first-order valence-corrected chi connectivity index (χ1v) is 31.2. The molecular weight excluding hydrogens is 954 g/mol. The zero-order chi connectivity index (χ0) is 54.5. The third-order valence-electron chi connectivity index (χ3n) is 12.0. The molecule has 3 N–H and O–H groups in total. The number of unbranched alkanes of at least 4 members (excludes halogenated alkanes) is 19. The number of rotatable bonds is 54. The van der Waals surface area contributed by atoms with Crippen molar-refractivity contribution in [2.45, 2.75) is 238 Å². The van der Waals surface area contributed by atoms with Crippen LogP contribution in [0.2, 0.25) is 0 Å². The Balaban J connectivity index is 4.05. The Kier molecular flexibility index (Phi) is 56.3. The zero-order valence-corrected chi connectivity index (χ0v) is 48.4. The lowest BCUT2D eigenvalue weighted by Gasteiger charge is -2.19. The van der Waals surface area contributed by atoms with E-state index in [2.05, 4.69) is 148 Å². The van der Waals surface area contributed by atoms with Crippen molar-refractivity contribution in [1.29, 1.82) is 0 Å². The lowest BCUT2D eigenvalue weighted by atomic mass is 10.1. The minimum Gasteiger partial charge on any atom is -0.462 e. The molecule has 2 unspecified atom stereocenters. The molecular formula is C65H108NO8P. The third kappa shape index (κ3) is 59.3. The van der Waals surface area contributed by atoms with Gasteiger partial charge < -0.3 is 20.1 Å². The van der Waals surface area contributed by atoms with Crippen LogP contribution in [0.5, 0.6) is 0 Å². The summed E-state index contributed by atoms with van der Waals surface area (Å²) in [5.74, 6) is -0.852. The minimum atomic E-state index is -4.40. The highest BCUT2D eigenvalue weighted by atomic mass is 31.2. The zero-order valence-electron chi connectivity index (χ0n) is 47.5. The molecule has 0 spiro atoms. The van der Waals surface area contributed by atoms with Crippen molar-refractivity contribution in [3.8, 4) is 0 Å². The second-order valence-electron chi connectivity index (χ2n) is 19.1. The van der Waals surface area contributed by atoms with Crippen molar-refractivity contribution in [2.75, 3.05) is 26.4 Å². The molecule has 0 aromatic rings. The van der Waals surface area contributed by atoms with Gasteiger partial charge in [-0.15, -0.1) is 0 Å². The Morgan fingerprint density at radius 3 is 1.09 bits per heavy atom. The van der Waals surface area contributed by atoms with Gasteiger partial charge >= 0.3 is 19.8 Å². The lowest BCUT2D eigenvalue weighted by molar-refractivity contribution is -0.161. The molecule has 0 saturated carbocycles. The van der Waals surface area contributed by atoms with Crippen LogP contribution in [0.4, 0.5) is 0 Å². The van der Waals surface area contributed by atoms with Gasteiger partial charge in [0.05, 0.1) is 13.2 Å².